The number of methoxy groups -OCH3 is 1. The first kappa shape index (κ1) is 68.4. The van der Waals surface area contributed by atoms with Crippen LogP contribution in [0.4, 0.5) is 0 Å². The molecule has 2 saturated carbocycles. The zero-order valence-corrected chi connectivity index (χ0v) is 50.8. The van der Waals surface area contributed by atoms with Crippen LogP contribution >= 0.6 is 17.0 Å². The van der Waals surface area contributed by atoms with Crippen LogP contribution in [0.1, 0.15) is 103 Å². The van der Waals surface area contributed by atoms with E-state index < -0.39 is 72.6 Å². The molecule has 0 unspecified atom stereocenters. The first-order chi connectivity index (χ1) is 42.6. The highest BCUT2D eigenvalue weighted by molar-refractivity contribution is 8.93. The Morgan fingerprint density at radius 1 is 0.644 bits per heavy atom. The van der Waals surface area contributed by atoms with Crippen molar-refractivity contribution in [1.29, 1.82) is 0 Å². The van der Waals surface area contributed by atoms with Crippen LogP contribution in [0.15, 0.2) is 64.6 Å². The van der Waals surface area contributed by atoms with E-state index in [4.69, 9.17) is 30.0 Å². The summed E-state index contributed by atoms with van der Waals surface area (Å²) in [7, 11) is 1.50. The first-order valence-corrected chi connectivity index (χ1v) is 29.2. The number of aliphatic hydroxyl groups excluding tert-OH is 2. The maximum absolute atomic E-state index is 13.5. The average molecular weight is 1320 g/mol. The lowest BCUT2D eigenvalue weighted by Gasteiger charge is -2.29. The van der Waals surface area contributed by atoms with Gasteiger partial charge < -0.3 is 86.7 Å². The molecule has 0 aromatic carbocycles. The third kappa shape index (κ3) is 16.2. The van der Waals surface area contributed by atoms with Crippen molar-refractivity contribution in [3.05, 3.63) is 92.8 Å². The molecule has 10 atom stereocenters. The van der Waals surface area contributed by atoms with Gasteiger partial charge in [-0.3, -0.25) is 47.9 Å². The van der Waals surface area contributed by atoms with Gasteiger partial charge in [0.25, 0.3) is 23.0 Å². The number of nitrogens with one attached hydrogen (secondary N) is 10. The number of aliphatic carboxylic acids is 1. The number of aromatic carboxylic acids is 2. The van der Waals surface area contributed by atoms with E-state index >= 15 is 0 Å². The molecule has 15 N–H and O–H groups in total. The average Bonchev–Trinajstić information content (AvgIpc) is 2.13. The fraction of sp³-hybridized carbons (Fsp3) is 0.475. The highest BCUT2D eigenvalue weighted by atomic mass is 79.9. The van der Waals surface area contributed by atoms with Crippen LogP contribution in [0.25, 0.3) is 32.7 Å². The number of ether oxygens (including phenoxy) is 1. The summed E-state index contributed by atoms with van der Waals surface area (Å²) in [5.41, 5.74) is 1.53. The van der Waals surface area contributed by atoms with Crippen molar-refractivity contribution in [2.45, 2.75) is 95.3 Å². The van der Waals surface area contributed by atoms with Crippen molar-refractivity contribution in [3.63, 3.8) is 0 Å². The Morgan fingerprint density at radius 2 is 1.12 bits per heavy atom. The quantitative estimate of drug-likeness (QED) is 0.0645. The van der Waals surface area contributed by atoms with Crippen molar-refractivity contribution >= 4 is 109 Å². The zero-order chi connectivity index (χ0) is 64.2. The zero-order valence-electron chi connectivity index (χ0n) is 49.1. The molecule has 10 heterocycles. The number of halogens is 1. The molecule has 484 valence electrons. The molecule has 31 heteroatoms. The van der Waals surface area contributed by atoms with Gasteiger partial charge in [0, 0.05) is 57.0 Å². The number of hydrogen-bond donors (Lipinski definition) is 15. The third-order valence-corrected chi connectivity index (χ3v) is 17.0. The topological polar surface area (TPSA) is 470 Å². The van der Waals surface area contributed by atoms with Gasteiger partial charge in [-0.05, 0) is 118 Å². The normalized spacial score (nSPS) is 22.4. The molecule has 6 fully saturated rings. The number of ketones is 2. The van der Waals surface area contributed by atoms with Crippen molar-refractivity contribution in [2.24, 2.45) is 35.5 Å². The van der Waals surface area contributed by atoms with E-state index in [1.807, 2.05) is 0 Å². The smallest absolute Gasteiger partial charge is 0.352 e. The van der Waals surface area contributed by atoms with Gasteiger partial charge >= 0.3 is 11.9 Å². The molecule has 6 aromatic rings. The van der Waals surface area contributed by atoms with Gasteiger partial charge in [-0.15, -0.1) is 17.0 Å². The molecule has 6 aromatic heterocycles. The number of carboxylic acids is 3. The van der Waals surface area contributed by atoms with Gasteiger partial charge in [-0.25, -0.2) is 14.6 Å². The minimum absolute atomic E-state index is 0. The van der Waals surface area contributed by atoms with Crippen LogP contribution in [0.2, 0.25) is 0 Å². The molecule has 5 amide bonds. The number of likely N-dealkylation sites (tertiary alicyclic amines) is 1. The summed E-state index contributed by atoms with van der Waals surface area (Å²) in [5, 5.41) is 59.1. The molecular weight excluding hydrogens is 1240 g/mol. The Kier molecular flexibility index (Phi) is 23.5. The molecule has 0 bridgehead atoms. The monoisotopic (exact) mass is 1320 g/mol. The molecule has 4 saturated heterocycles. The number of H-pyrrole nitrogens is 5. The van der Waals surface area contributed by atoms with Crippen LogP contribution < -0.4 is 42.4 Å². The van der Waals surface area contributed by atoms with Gasteiger partial charge in [0.2, 0.25) is 29.5 Å². The highest BCUT2D eigenvalue weighted by Gasteiger charge is 2.50. The van der Waals surface area contributed by atoms with E-state index in [0.717, 1.165) is 52.0 Å². The second kappa shape index (κ2) is 30.9. The number of carbonyl (C=O) groups excluding carboxylic acids is 7. The summed E-state index contributed by atoms with van der Waals surface area (Å²) in [4.78, 5) is 160. The van der Waals surface area contributed by atoms with Crippen molar-refractivity contribution < 1.29 is 78.2 Å². The molecule has 0 spiro atoms. The number of aromatic nitrogens is 6. The second-order valence-electron chi connectivity index (χ2n) is 22.6. The lowest BCUT2D eigenvalue weighted by Crippen LogP contribution is -2.53. The van der Waals surface area contributed by atoms with Crippen LogP contribution in [0, 0.1) is 35.5 Å². The Labute approximate surface area is 522 Å². The maximum atomic E-state index is 13.5. The number of pyridine rings is 3. The number of rotatable bonds is 16. The third-order valence-electron chi connectivity index (χ3n) is 17.0. The van der Waals surface area contributed by atoms with Crippen LogP contribution in [-0.2, 0) is 33.6 Å². The van der Waals surface area contributed by atoms with Crippen molar-refractivity contribution in [1.82, 2.24) is 61.4 Å². The molecule has 4 aliphatic heterocycles. The number of Topliss-reactive ketones (excluding diaryl/α,β-unsaturated/α-hetero) is 2. The number of aliphatic hydroxyl groups is 2. The van der Waals surface area contributed by atoms with Gasteiger partial charge in [0.15, 0.2) is 11.6 Å². The Morgan fingerprint density at radius 3 is 1.61 bits per heavy atom. The number of fused-ring (bicyclic) bond motifs is 5. The molecule has 2 aliphatic carbocycles. The number of aromatic amines is 5. The van der Waals surface area contributed by atoms with Crippen LogP contribution in [0.5, 0.6) is 5.88 Å². The summed E-state index contributed by atoms with van der Waals surface area (Å²) >= 11 is 0. The van der Waals surface area contributed by atoms with Gasteiger partial charge in [0.1, 0.15) is 36.3 Å². The second-order valence-corrected chi connectivity index (χ2v) is 22.6. The first-order valence-electron chi connectivity index (χ1n) is 29.2. The Balaban J connectivity index is 0.000000180. The van der Waals surface area contributed by atoms with Crippen LogP contribution in [-0.4, -0.2) is 190 Å². The molecule has 6 aliphatic rings. The Bertz CT molecular complexity index is 3760. The highest BCUT2D eigenvalue weighted by Crippen LogP contribution is 2.43. The van der Waals surface area contributed by atoms with Gasteiger partial charge in [-0.2, -0.15) is 0 Å². The lowest BCUT2D eigenvalue weighted by molar-refractivity contribution is -0.134. The molecule has 12 rings (SSSR count). The fourth-order valence-corrected chi connectivity index (χ4v) is 12.7. The Hall–Kier alpha value is -9.07. The van der Waals surface area contributed by atoms with E-state index in [1.165, 1.54) is 42.6 Å². The molecule has 90 heavy (non-hydrogen) atoms. The van der Waals surface area contributed by atoms with Crippen molar-refractivity contribution in [2.75, 3.05) is 46.5 Å². The summed E-state index contributed by atoms with van der Waals surface area (Å²) < 4.78 is 5.00. The number of amides is 5. The van der Waals surface area contributed by atoms with Crippen molar-refractivity contribution in [3.8, 4) is 5.88 Å². The summed E-state index contributed by atoms with van der Waals surface area (Å²) in [6, 6.07) is 6.47. The lowest BCUT2D eigenvalue weighted by atomic mass is 9.92. The summed E-state index contributed by atoms with van der Waals surface area (Å²) in [6.07, 6.45) is 12.1. The minimum Gasteiger partial charge on any atom is -0.481 e. The summed E-state index contributed by atoms with van der Waals surface area (Å²) in [6.45, 7) is 2.10. The number of nitrogens with zero attached hydrogens (tertiary/aromatic N) is 2. The maximum Gasteiger partial charge on any atom is 0.352 e. The predicted octanol–water partition coefficient (Wildman–Crippen LogP) is 1.11. The van der Waals surface area contributed by atoms with E-state index in [2.05, 4.69) is 56.5 Å². The van der Waals surface area contributed by atoms with E-state index in [9.17, 15) is 57.8 Å². The number of carboxylic acid groups (broad SMARTS) is 3. The van der Waals surface area contributed by atoms with E-state index in [1.54, 1.807) is 24.4 Å². The largest absolute Gasteiger partial charge is 0.481 e. The number of carbonyl (C=O) groups is 10. The minimum atomic E-state index is -1.07. The number of hydrogen-bond acceptors (Lipinski definition) is 17. The predicted molar refractivity (Wildman–Crippen MR) is 326 cm³/mol. The van der Waals surface area contributed by atoms with Crippen LogP contribution in [0.3, 0.4) is 0 Å². The van der Waals surface area contributed by atoms with Gasteiger partial charge in [0.05, 0.1) is 57.9 Å². The standard InChI is InChI=1S/C24H29N5O6.C16H25N3O4.C9H8N2O3.C8H6N2O3.C2H4O2.BrH/c30-11-19(31)17(8-12-4-6-25-21(12)32)28-23(34)20-14-3-1-2-13(14)10-29(20)24(35)18-9-15-16(27-18)5-7-26-22(15)33;20-8-13(21)12(6-9-4-5-17-15(9)22)19-16(23)14-11-3-1-2-10(11)7-18-14;1-14-8-5-4-7(9(12)13)11-6(5)2-3-10-8;11-7-4-3-6(8(12)13)10-5(4)1-2-9-7;1-2(3)4;/h5,7,9,12-14,17,20,27,30H,1-4,6,8,10-11H2,(H,25,32)(H,26,33)(H,28,34);9-12,14,18,20H,1-8H2,(H,17,22)(H,19,23);2-4,11H,1H3,(H,12,13);1-3,10H,(H,9,11)(H,12,13);1H3,(H,3,4);1H/t12-,13-,14-,17-,20-;9-,10-,11-,12-,14-;;;;/m00..../s1. The molecular formula is C59H73BrN12O18. The summed E-state index contributed by atoms with van der Waals surface area (Å²) in [5.74, 6) is -4.38. The van der Waals surface area contributed by atoms with E-state index in [0.29, 0.717) is 82.9 Å². The fourth-order valence-electron chi connectivity index (χ4n) is 12.7. The molecule has 0 radical (unpaired) electrons. The van der Waals surface area contributed by atoms with E-state index in [-0.39, 0.29) is 105 Å². The SMILES string of the molecule is Br.CC(=O)O.COc1nccc2[nH]c(C(=O)O)cc12.O=C(O)c1cc2c(=O)[nH]ccc2[nH]1.O=C1NCC[C@H]1C[C@H](NC(=O)[C@@H]1[C@H]2CCC[C@H]2CN1C(=O)c1cc2c(=O)[nH]ccc2[nH]1)C(=O)CO.O=C1NCC[C@H]1C[C@H](NC(=O)[C@H]1NC[C@@H]2CCC[C@@H]21)C(=O)CO. The van der Waals surface area contributed by atoms with Gasteiger partial charge in [-0.1, -0.05) is 12.8 Å². The molecule has 30 nitrogen and oxygen atoms in total.